The molecule has 3 heterocycles. The summed E-state index contributed by atoms with van der Waals surface area (Å²) in [7, 11) is 0. The molecule has 0 aliphatic carbocycles. The van der Waals surface area contributed by atoms with E-state index in [2.05, 4.69) is 14.9 Å². The Labute approximate surface area is 141 Å². The molecule has 0 bridgehead atoms. The van der Waals surface area contributed by atoms with E-state index in [1.165, 1.54) is 11.3 Å². The van der Waals surface area contributed by atoms with Gasteiger partial charge in [-0.05, 0) is 23.7 Å². The van der Waals surface area contributed by atoms with E-state index in [4.69, 9.17) is 27.1 Å². The second-order valence-corrected chi connectivity index (χ2v) is 6.53. The van der Waals surface area contributed by atoms with Gasteiger partial charge in [0.1, 0.15) is 10.5 Å². The maximum atomic E-state index is 6.10. The third-order valence-corrected chi connectivity index (χ3v) is 4.82. The second-order valence-electron chi connectivity index (χ2n) is 5.21. The van der Waals surface area contributed by atoms with Crippen LogP contribution in [0.15, 0.2) is 24.3 Å². The monoisotopic (exact) mass is 347 g/mol. The topological polar surface area (TPSA) is 77.2 Å². The van der Waals surface area contributed by atoms with Crippen molar-refractivity contribution in [2.24, 2.45) is 0 Å². The Hall–Kier alpha value is -1.96. The Balaban J connectivity index is 1.84. The molecule has 1 aromatic carbocycles. The van der Waals surface area contributed by atoms with Gasteiger partial charge in [0.2, 0.25) is 5.28 Å². The van der Waals surface area contributed by atoms with Crippen molar-refractivity contribution in [1.82, 2.24) is 15.0 Å². The van der Waals surface area contributed by atoms with Gasteiger partial charge in [-0.2, -0.15) is 4.98 Å². The summed E-state index contributed by atoms with van der Waals surface area (Å²) >= 11 is 7.59. The molecule has 3 aromatic rings. The summed E-state index contributed by atoms with van der Waals surface area (Å²) in [5.74, 6) is 0.773. The van der Waals surface area contributed by atoms with E-state index in [1.54, 1.807) is 0 Å². The molecule has 0 unspecified atom stereocenters. The Morgan fingerprint density at radius 3 is 2.78 bits per heavy atom. The molecule has 118 valence electrons. The van der Waals surface area contributed by atoms with Crippen molar-refractivity contribution < 1.29 is 4.74 Å². The van der Waals surface area contributed by atoms with E-state index in [0.717, 1.165) is 39.8 Å². The minimum Gasteiger partial charge on any atom is -0.399 e. The van der Waals surface area contributed by atoms with Crippen LogP contribution in [0.25, 0.3) is 20.9 Å². The van der Waals surface area contributed by atoms with Crippen LogP contribution < -0.4 is 10.6 Å². The number of nitrogens with two attached hydrogens (primary N) is 1. The lowest BCUT2D eigenvalue weighted by atomic mass is 10.2. The number of fused-ring (bicyclic) bond motifs is 1. The molecule has 2 N–H and O–H groups in total. The molecule has 1 aliphatic rings. The number of anilines is 2. The molecule has 0 spiro atoms. The first-order chi connectivity index (χ1) is 11.2. The minimum atomic E-state index is 0.238. The number of morpholine rings is 1. The van der Waals surface area contributed by atoms with Crippen molar-refractivity contribution >= 4 is 44.8 Å². The molecular weight excluding hydrogens is 334 g/mol. The molecule has 1 fully saturated rings. The van der Waals surface area contributed by atoms with Crippen molar-refractivity contribution in [1.29, 1.82) is 0 Å². The molecule has 0 saturated carbocycles. The van der Waals surface area contributed by atoms with Crippen LogP contribution in [0.5, 0.6) is 0 Å². The molecule has 1 saturated heterocycles. The van der Waals surface area contributed by atoms with Gasteiger partial charge in [-0.1, -0.05) is 23.5 Å². The zero-order valence-electron chi connectivity index (χ0n) is 12.2. The van der Waals surface area contributed by atoms with Crippen LogP contribution in [0.3, 0.4) is 0 Å². The third kappa shape index (κ3) is 2.83. The predicted molar refractivity (Wildman–Crippen MR) is 93.1 cm³/mol. The van der Waals surface area contributed by atoms with E-state index in [9.17, 15) is 0 Å². The van der Waals surface area contributed by atoms with Gasteiger partial charge in [0, 0.05) is 24.3 Å². The number of ether oxygens (including phenoxy) is 1. The Morgan fingerprint density at radius 2 is 2.00 bits per heavy atom. The summed E-state index contributed by atoms with van der Waals surface area (Å²) in [6.45, 7) is 2.89. The fourth-order valence-electron chi connectivity index (χ4n) is 2.57. The highest BCUT2D eigenvalue weighted by molar-refractivity contribution is 7.21. The number of thiazole rings is 1. The first-order valence-corrected chi connectivity index (χ1v) is 8.43. The van der Waals surface area contributed by atoms with Crippen LogP contribution in [0.1, 0.15) is 0 Å². The van der Waals surface area contributed by atoms with Crippen molar-refractivity contribution in [3.05, 3.63) is 29.5 Å². The Morgan fingerprint density at radius 1 is 1.17 bits per heavy atom. The molecule has 0 atom stereocenters. The third-order valence-electron chi connectivity index (χ3n) is 3.66. The normalized spacial score (nSPS) is 15.3. The summed E-state index contributed by atoms with van der Waals surface area (Å²) in [6.07, 6.45) is 0. The van der Waals surface area contributed by atoms with Crippen LogP contribution in [0, 0.1) is 0 Å². The quantitative estimate of drug-likeness (QED) is 0.567. The molecule has 4 rings (SSSR count). The zero-order chi connectivity index (χ0) is 15.8. The molecule has 23 heavy (non-hydrogen) atoms. The van der Waals surface area contributed by atoms with Crippen molar-refractivity contribution in [3.8, 4) is 10.6 Å². The number of nitrogen functional groups attached to an aromatic ring is 1. The number of aromatic nitrogens is 3. The maximum Gasteiger partial charge on any atom is 0.225 e. The highest BCUT2D eigenvalue weighted by Crippen LogP contribution is 2.34. The molecule has 8 heteroatoms. The molecular formula is C15H14ClN5OS. The average Bonchev–Trinajstić information content (AvgIpc) is 2.99. The summed E-state index contributed by atoms with van der Waals surface area (Å²) in [5.41, 5.74) is 8.32. The van der Waals surface area contributed by atoms with E-state index in [-0.39, 0.29) is 5.28 Å². The lowest BCUT2D eigenvalue weighted by Crippen LogP contribution is -2.37. The van der Waals surface area contributed by atoms with Gasteiger partial charge in [-0.25, -0.2) is 9.97 Å². The van der Waals surface area contributed by atoms with Crippen molar-refractivity contribution in [2.75, 3.05) is 36.9 Å². The fourth-order valence-corrected chi connectivity index (χ4v) is 3.72. The number of benzene rings is 1. The number of halogens is 1. The van der Waals surface area contributed by atoms with E-state index in [1.807, 2.05) is 24.3 Å². The second kappa shape index (κ2) is 5.92. The fraction of sp³-hybridized carbons (Fsp3) is 0.267. The van der Waals surface area contributed by atoms with Crippen molar-refractivity contribution in [3.63, 3.8) is 0 Å². The predicted octanol–water partition coefficient (Wildman–Crippen LogP) is 2.83. The van der Waals surface area contributed by atoms with Gasteiger partial charge in [0.05, 0.1) is 13.2 Å². The van der Waals surface area contributed by atoms with E-state index < -0.39 is 0 Å². The smallest absolute Gasteiger partial charge is 0.225 e. The largest absolute Gasteiger partial charge is 0.399 e. The van der Waals surface area contributed by atoms with Crippen LogP contribution in [-0.2, 0) is 4.74 Å². The SMILES string of the molecule is Nc1cccc(-c2nc3c(N4CCOCC4)nc(Cl)nc3s2)c1. The first-order valence-electron chi connectivity index (χ1n) is 7.23. The molecule has 0 radical (unpaired) electrons. The zero-order valence-corrected chi connectivity index (χ0v) is 13.8. The number of nitrogens with zero attached hydrogens (tertiary/aromatic N) is 4. The Bertz CT molecular complexity index is 862. The highest BCUT2D eigenvalue weighted by Gasteiger charge is 2.20. The van der Waals surface area contributed by atoms with Gasteiger partial charge in [0.15, 0.2) is 10.6 Å². The maximum absolute atomic E-state index is 6.10. The van der Waals surface area contributed by atoms with Gasteiger partial charge in [-0.15, -0.1) is 0 Å². The van der Waals surface area contributed by atoms with Crippen LogP contribution in [0.4, 0.5) is 11.5 Å². The van der Waals surface area contributed by atoms with Crippen LogP contribution >= 0.6 is 22.9 Å². The average molecular weight is 348 g/mol. The summed E-state index contributed by atoms with van der Waals surface area (Å²) in [4.78, 5) is 16.4. The molecule has 1 aliphatic heterocycles. The highest BCUT2D eigenvalue weighted by atomic mass is 35.5. The number of hydrogen-bond donors (Lipinski definition) is 1. The van der Waals surface area contributed by atoms with Crippen molar-refractivity contribution in [2.45, 2.75) is 0 Å². The lowest BCUT2D eigenvalue weighted by molar-refractivity contribution is 0.122. The van der Waals surface area contributed by atoms with E-state index >= 15 is 0 Å². The van der Waals surface area contributed by atoms with E-state index in [0.29, 0.717) is 18.9 Å². The van der Waals surface area contributed by atoms with Crippen LogP contribution in [0.2, 0.25) is 5.28 Å². The number of rotatable bonds is 2. The Kier molecular flexibility index (Phi) is 3.76. The minimum absolute atomic E-state index is 0.238. The summed E-state index contributed by atoms with van der Waals surface area (Å²) in [6, 6.07) is 7.66. The van der Waals surface area contributed by atoms with Gasteiger partial charge >= 0.3 is 0 Å². The van der Waals surface area contributed by atoms with Gasteiger partial charge < -0.3 is 15.4 Å². The molecule has 0 amide bonds. The molecule has 2 aromatic heterocycles. The van der Waals surface area contributed by atoms with Gasteiger partial charge in [-0.3, -0.25) is 0 Å². The summed E-state index contributed by atoms with van der Waals surface area (Å²) in [5, 5.41) is 1.10. The standard InChI is InChI=1S/C15H14ClN5OS/c16-15-19-12(21-4-6-22-7-5-21)11-14(20-15)23-13(18-11)9-2-1-3-10(17)8-9/h1-3,8H,4-7,17H2. The first kappa shape index (κ1) is 14.6. The van der Waals surface area contributed by atoms with Gasteiger partial charge in [0.25, 0.3) is 0 Å². The summed E-state index contributed by atoms with van der Waals surface area (Å²) < 4.78 is 5.40. The number of hydrogen-bond acceptors (Lipinski definition) is 7. The lowest BCUT2D eigenvalue weighted by Gasteiger charge is -2.27. The van der Waals surface area contributed by atoms with Crippen LogP contribution in [-0.4, -0.2) is 41.3 Å². The molecule has 6 nitrogen and oxygen atoms in total.